The first-order chi connectivity index (χ1) is 14.1. The minimum absolute atomic E-state index is 0.0214. The lowest BCUT2D eigenvalue weighted by atomic mass is 9.85. The van der Waals surface area contributed by atoms with Crippen LogP contribution in [-0.2, 0) is 12.7 Å². The van der Waals surface area contributed by atoms with Gasteiger partial charge in [-0.15, -0.1) is 11.3 Å². The van der Waals surface area contributed by atoms with E-state index in [0.29, 0.717) is 5.92 Å². The second-order valence-electron chi connectivity index (χ2n) is 7.94. The third kappa shape index (κ3) is 6.18. The summed E-state index contributed by atoms with van der Waals surface area (Å²) >= 11 is 7.62. The number of nitrogens with one attached hydrogen (secondary N) is 1. The van der Waals surface area contributed by atoms with Crippen LogP contribution in [0.15, 0.2) is 23.6 Å². The van der Waals surface area contributed by atoms with E-state index in [2.05, 4.69) is 27.6 Å². The number of aromatic nitrogens is 1. The fraction of sp³-hybridized carbons (Fsp3) is 0.524. The second kappa shape index (κ2) is 9.66. The molecular weight excluding hydrogens is 435 g/mol. The molecule has 1 fully saturated rings. The van der Waals surface area contributed by atoms with Gasteiger partial charge in [-0.2, -0.15) is 13.2 Å². The van der Waals surface area contributed by atoms with Gasteiger partial charge in [-0.25, -0.2) is 4.98 Å². The van der Waals surface area contributed by atoms with E-state index in [1.54, 1.807) is 11.3 Å². The van der Waals surface area contributed by atoms with Gasteiger partial charge in [0.2, 0.25) is 0 Å². The summed E-state index contributed by atoms with van der Waals surface area (Å²) in [4.78, 5) is 19.3. The Morgan fingerprint density at radius 3 is 2.60 bits per heavy atom. The Kier molecular flexibility index (Phi) is 7.42. The van der Waals surface area contributed by atoms with Crippen LogP contribution >= 0.6 is 22.9 Å². The van der Waals surface area contributed by atoms with Gasteiger partial charge in [0.05, 0.1) is 26.9 Å². The monoisotopic (exact) mass is 459 g/mol. The lowest BCUT2D eigenvalue weighted by Crippen LogP contribution is -2.39. The number of alkyl halides is 3. The molecule has 0 aliphatic heterocycles. The molecule has 0 unspecified atom stereocenters. The van der Waals surface area contributed by atoms with Crippen molar-refractivity contribution < 1.29 is 18.0 Å². The predicted octanol–water partition coefficient (Wildman–Crippen LogP) is 5.54. The van der Waals surface area contributed by atoms with Gasteiger partial charge in [-0.3, -0.25) is 4.79 Å². The molecule has 1 heterocycles. The average Bonchev–Trinajstić information content (AvgIpc) is 3.07. The summed E-state index contributed by atoms with van der Waals surface area (Å²) in [6, 6.07) is 2.77. The molecule has 30 heavy (non-hydrogen) atoms. The third-order valence-electron chi connectivity index (χ3n) is 5.39. The zero-order valence-electron chi connectivity index (χ0n) is 16.9. The van der Waals surface area contributed by atoms with Gasteiger partial charge in [0.15, 0.2) is 0 Å². The topological polar surface area (TPSA) is 45.2 Å². The molecule has 4 nitrogen and oxygen atoms in total. The fourth-order valence-electron chi connectivity index (χ4n) is 3.89. The first kappa shape index (κ1) is 23.0. The normalized spacial score (nSPS) is 19.8. The SMILES string of the molecule is Cc1nc(CN(C)C[C@H]2CC[C@H](NC(=O)c3cc(C(F)(F)F)ccc3Cl)CC2)cs1. The highest BCUT2D eigenvalue weighted by Crippen LogP contribution is 2.32. The van der Waals surface area contributed by atoms with Crippen molar-refractivity contribution in [2.45, 2.75) is 51.4 Å². The number of carbonyl (C=O) groups excluding carboxylic acids is 1. The summed E-state index contributed by atoms with van der Waals surface area (Å²) in [6.07, 6.45) is -0.988. The first-order valence-corrected chi connectivity index (χ1v) is 11.1. The van der Waals surface area contributed by atoms with Crippen molar-refractivity contribution in [3.8, 4) is 0 Å². The molecule has 1 aliphatic rings. The molecule has 1 N–H and O–H groups in total. The van der Waals surface area contributed by atoms with Crippen LogP contribution in [0, 0.1) is 12.8 Å². The number of hydrogen-bond acceptors (Lipinski definition) is 4. The van der Waals surface area contributed by atoms with Crippen molar-refractivity contribution in [3.63, 3.8) is 0 Å². The summed E-state index contributed by atoms with van der Waals surface area (Å²) in [5, 5.41) is 6.03. The molecule has 1 amide bonds. The van der Waals surface area contributed by atoms with E-state index in [1.165, 1.54) is 0 Å². The molecule has 0 radical (unpaired) electrons. The van der Waals surface area contributed by atoms with E-state index in [1.807, 2.05) is 6.92 Å². The number of rotatable bonds is 6. The maximum Gasteiger partial charge on any atom is 0.416 e. The first-order valence-electron chi connectivity index (χ1n) is 9.89. The number of halogens is 4. The molecule has 1 aromatic heterocycles. The standard InChI is InChI=1S/C21H25ClF3N3OS/c1-13-26-17(12-30-13)11-28(2)10-14-3-6-16(7-4-14)27-20(29)18-9-15(21(23,24)25)5-8-19(18)22/h5,8-9,12,14,16H,3-4,6-7,10-11H2,1-2H3,(H,27,29)/t14-,16-. The van der Waals surface area contributed by atoms with Crippen molar-refractivity contribution in [1.29, 1.82) is 0 Å². The molecule has 3 rings (SSSR count). The van der Waals surface area contributed by atoms with Crippen molar-refractivity contribution in [3.05, 3.63) is 50.4 Å². The van der Waals surface area contributed by atoms with E-state index in [9.17, 15) is 18.0 Å². The Hall–Kier alpha value is -1.64. The fourth-order valence-corrected chi connectivity index (χ4v) is 4.70. The molecule has 1 saturated carbocycles. The van der Waals surface area contributed by atoms with E-state index in [4.69, 9.17) is 11.6 Å². The number of aryl methyl sites for hydroxylation is 1. The molecule has 1 aromatic carbocycles. The summed E-state index contributed by atoms with van der Waals surface area (Å²) < 4.78 is 38.8. The number of amides is 1. The van der Waals surface area contributed by atoms with Gasteiger partial charge in [0.1, 0.15) is 0 Å². The Labute approximate surface area is 183 Å². The van der Waals surface area contributed by atoms with E-state index < -0.39 is 17.6 Å². The molecule has 164 valence electrons. The van der Waals surface area contributed by atoms with Crippen LogP contribution in [0.3, 0.4) is 0 Å². The van der Waals surface area contributed by atoms with Crippen LogP contribution < -0.4 is 5.32 Å². The maximum atomic E-state index is 12.9. The van der Waals surface area contributed by atoms with Crippen LogP contribution in [-0.4, -0.2) is 35.4 Å². The molecule has 9 heteroatoms. The molecule has 1 aliphatic carbocycles. The van der Waals surface area contributed by atoms with Crippen molar-refractivity contribution in [2.75, 3.05) is 13.6 Å². The summed E-state index contributed by atoms with van der Waals surface area (Å²) in [5.41, 5.74) is 0.0740. The van der Waals surface area contributed by atoms with Gasteiger partial charge in [-0.05, 0) is 63.8 Å². The largest absolute Gasteiger partial charge is 0.416 e. The summed E-state index contributed by atoms with van der Waals surface area (Å²) in [7, 11) is 2.08. The smallest absolute Gasteiger partial charge is 0.349 e. The second-order valence-corrected chi connectivity index (χ2v) is 9.41. The lowest BCUT2D eigenvalue weighted by molar-refractivity contribution is -0.137. The highest BCUT2D eigenvalue weighted by Gasteiger charge is 2.32. The minimum Gasteiger partial charge on any atom is -0.349 e. The predicted molar refractivity (Wildman–Crippen MR) is 113 cm³/mol. The zero-order chi connectivity index (χ0) is 21.9. The Bertz CT molecular complexity index is 879. The molecule has 0 saturated heterocycles. The third-order valence-corrected chi connectivity index (χ3v) is 6.54. The number of benzene rings is 1. The van der Waals surface area contributed by atoms with E-state index in [0.717, 1.165) is 67.7 Å². The Morgan fingerprint density at radius 2 is 2.00 bits per heavy atom. The van der Waals surface area contributed by atoms with Crippen LogP contribution in [0.4, 0.5) is 13.2 Å². The molecule has 2 aromatic rings. The van der Waals surface area contributed by atoms with Crippen LogP contribution in [0.2, 0.25) is 5.02 Å². The van der Waals surface area contributed by atoms with Gasteiger partial charge < -0.3 is 10.2 Å². The van der Waals surface area contributed by atoms with Gasteiger partial charge in [0.25, 0.3) is 5.91 Å². The summed E-state index contributed by atoms with van der Waals surface area (Å²) in [5.74, 6) is -0.0226. The van der Waals surface area contributed by atoms with Crippen molar-refractivity contribution >= 4 is 28.8 Å². The molecule has 0 bridgehead atoms. The van der Waals surface area contributed by atoms with Gasteiger partial charge in [-0.1, -0.05) is 11.6 Å². The number of hydrogen-bond donors (Lipinski definition) is 1. The number of carbonyl (C=O) groups is 1. The highest BCUT2D eigenvalue weighted by molar-refractivity contribution is 7.09. The zero-order valence-corrected chi connectivity index (χ0v) is 18.5. The van der Waals surface area contributed by atoms with E-state index in [-0.39, 0.29) is 16.6 Å². The Balaban J connectivity index is 1.49. The minimum atomic E-state index is -4.51. The van der Waals surface area contributed by atoms with Gasteiger partial charge >= 0.3 is 6.18 Å². The van der Waals surface area contributed by atoms with Crippen LogP contribution in [0.25, 0.3) is 0 Å². The van der Waals surface area contributed by atoms with Crippen molar-refractivity contribution in [2.24, 2.45) is 5.92 Å². The molecule has 0 atom stereocenters. The van der Waals surface area contributed by atoms with E-state index >= 15 is 0 Å². The van der Waals surface area contributed by atoms with Crippen LogP contribution in [0.1, 0.15) is 52.3 Å². The number of nitrogens with zero attached hydrogens (tertiary/aromatic N) is 2. The van der Waals surface area contributed by atoms with Crippen molar-refractivity contribution in [1.82, 2.24) is 15.2 Å². The van der Waals surface area contributed by atoms with Crippen LogP contribution in [0.5, 0.6) is 0 Å². The quantitative estimate of drug-likeness (QED) is 0.616. The molecular formula is C21H25ClF3N3OS. The number of thiazole rings is 1. The highest BCUT2D eigenvalue weighted by atomic mass is 35.5. The molecule has 0 spiro atoms. The van der Waals surface area contributed by atoms with Gasteiger partial charge in [0, 0.05) is 24.5 Å². The maximum absolute atomic E-state index is 12.9. The summed E-state index contributed by atoms with van der Waals surface area (Å²) in [6.45, 7) is 3.77. The lowest BCUT2D eigenvalue weighted by Gasteiger charge is -2.31. The average molecular weight is 460 g/mol. The Morgan fingerprint density at radius 1 is 1.30 bits per heavy atom.